The lowest BCUT2D eigenvalue weighted by molar-refractivity contribution is -0.129. The molecule has 2 rings (SSSR count). The standard InChI is InChI=1S/C14H16N2O4/c1-8(17)11-12(9-4-2-3-5-10(9)18)16(7-6-15)14(20)13(11)19/h2-5,12,18-19H,6-7,15H2,1H3. The maximum atomic E-state index is 12.0. The molecule has 0 fully saturated rings. The lowest BCUT2D eigenvalue weighted by Crippen LogP contribution is -2.35. The van der Waals surface area contributed by atoms with Gasteiger partial charge >= 0.3 is 0 Å². The molecule has 1 aromatic rings. The number of hydrogen-bond acceptors (Lipinski definition) is 5. The number of nitrogens with zero attached hydrogens (tertiary/aromatic N) is 1. The number of carbonyl (C=O) groups is 2. The Morgan fingerprint density at radius 3 is 2.55 bits per heavy atom. The second-order valence-corrected chi connectivity index (χ2v) is 4.57. The number of aliphatic hydroxyl groups is 1. The first-order chi connectivity index (χ1) is 9.49. The molecule has 6 nitrogen and oxygen atoms in total. The lowest BCUT2D eigenvalue weighted by Gasteiger charge is -2.26. The van der Waals surface area contributed by atoms with Gasteiger partial charge in [0.1, 0.15) is 5.75 Å². The third-order valence-corrected chi connectivity index (χ3v) is 3.28. The number of phenolic OH excluding ortho intramolecular Hbond substituents is 1. The number of rotatable bonds is 4. The first-order valence-corrected chi connectivity index (χ1v) is 6.22. The van der Waals surface area contributed by atoms with Crippen LogP contribution >= 0.6 is 0 Å². The lowest BCUT2D eigenvalue weighted by atomic mass is 9.96. The van der Waals surface area contributed by atoms with E-state index in [-0.39, 0.29) is 24.4 Å². The van der Waals surface area contributed by atoms with E-state index in [0.717, 1.165) is 0 Å². The van der Waals surface area contributed by atoms with E-state index >= 15 is 0 Å². The number of carbonyl (C=O) groups excluding carboxylic acids is 2. The van der Waals surface area contributed by atoms with Crippen LogP contribution in [0, 0.1) is 0 Å². The van der Waals surface area contributed by atoms with Crippen molar-refractivity contribution in [3.63, 3.8) is 0 Å². The highest BCUT2D eigenvalue weighted by Crippen LogP contribution is 2.40. The zero-order chi connectivity index (χ0) is 14.9. The molecule has 1 aliphatic rings. The van der Waals surface area contributed by atoms with Crippen LogP contribution in [-0.4, -0.2) is 39.9 Å². The molecule has 0 aromatic heterocycles. The van der Waals surface area contributed by atoms with E-state index in [1.54, 1.807) is 18.2 Å². The summed E-state index contributed by atoms with van der Waals surface area (Å²) < 4.78 is 0. The Morgan fingerprint density at radius 1 is 1.35 bits per heavy atom. The van der Waals surface area contributed by atoms with Crippen LogP contribution in [-0.2, 0) is 9.59 Å². The van der Waals surface area contributed by atoms with Gasteiger partial charge in [-0.1, -0.05) is 18.2 Å². The van der Waals surface area contributed by atoms with Crippen molar-refractivity contribution in [1.29, 1.82) is 0 Å². The van der Waals surface area contributed by atoms with E-state index in [4.69, 9.17) is 5.73 Å². The van der Waals surface area contributed by atoms with Gasteiger partial charge in [-0.3, -0.25) is 9.59 Å². The van der Waals surface area contributed by atoms with Crippen LogP contribution < -0.4 is 5.73 Å². The second kappa shape index (κ2) is 5.34. The molecule has 20 heavy (non-hydrogen) atoms. The fourth-order valence-corrected chi connectivity index (χ4v) is 2.42. The van der Waals surface area contributed by atoms with Gasteiger partial charge in [0.25, 0.3) is 5.91 Å². The summed E-state index contributed by atoms with van der Waals surface area (Å²) in [5.41, 5.74) is 5.86. The molecule has 0 saturated carbocycles. The molecule has 0 spiro atoms. The molecule has 0 saturated heterocycles. The fourth-order valence-electron chi connectivity index (χ4n) is 2.42. The van der Waals surface area contributed by atoms with Gasteiger partial charge in [0.2, 0.25) is 0 Å². The predicted molar refractivity (Wildman–Crippen MR) is 72.0 cm³/mol. The Hall–Kier alpha value is -2.34. The quantitative estimate of drug-likeness (QED) is 0.748. The Balaban J connectivity index is 2.58. The molecule has 0 radical (unpaired) electrons. The molecule has 1 aliphatic heterocycles. The molecule has 1 amide bonds. The number of hydrogen-bond donors (Lipinski definition) is 3. The van der Waals surface area contributed by atoms with E-state index in [1.165, 1.54) is 17.9 Å². The normalized spacial score (nSPS) is 18.8. The van der Waals surface area contributed by atoms with Crippen molar-refractivity contribution in [2.45, 2.75) is 13.0 Å². The third kappa shape index (κ3) is 2.14. The van der Waals surface area contributed by atoms with E-state index in [0.29, 0.717) is 5.56 Å². The van der Waals surface area contributed by atoms with Crippen LogP contribution in [0.3, 0.4) is 0 Å². The molecule has 0 bridgehead atoms. The number of phenols is 1. The highest BCUT2D eigenvalue weighted by Gasteiger charge is 2.42. The van der Waals surface area contributed by atoms with Crippen LogP contribution in [0.4, 0.5) is 0 Å². The van der Waals surface area contributed by atoms with Gasteiger partial charge < -0.3 is 20.8 Å². The summed E-state index contributed by atoms with van der Waals surface area (Å²) >= 11 is 0. The van der Waals surface area contributed by atoms with E-state index in [1.807, 2.05) is 0 Å². The monoisotopic (exact) mass is 276 g/mol. The first kappa shape index (κ1) is 14.1. The van der Waals surface area contributed by atoms with Gasteiger partial charge in [-0.2, -0.15) is 0 Å². The number of nitrogens with two attached hydrogens (primary N) is 1. The predicted octanol–water partition coefficient (Wildman–Crippen LogP) is 0.635. The summed E-state index contributed by atoms with van der Waals surface area (Å²) in [6.45, 7) is 1.64. The maximum absolute atomic E-state index is 12.0. The average Bonchev–Trinajstić information content (AvgIpc) is 2.65. The van der Waals surface area contributed by atoms with E-state index in [9.17, 15) is 19.8 Å². The van der Waals surface area contributed by atoms with Crippen molar-refractivity contribution in [3.05, 3.63) is 41.2 Å². The highest BCUT2D eigenvalue weighted by molar-refractivity contribution is 6.08. The molecule has 1 heterocycles. The average molecular weight is 276 g/mol. The van der Waals surface area contributed by atoms with Crippen LogP contribution in [0.1, 0.15) is 18.5 Å². The number of benzene rings is 1. The largest absolute Gasteiger partial charge is 0.508 e. The maximum Gasteiger partial charge on any atom is 0.290 e. The molecular weight excluding hydrogens is 260 g/mol. The zero-order valence-electron chi connectivity index (χ0n) is 11.0. The number of amides is 1. The van der Waals surface area contributed by atoms with Crippen molar-refractivity contribution in [1.82, 2.24) is 4.90 Å². The summed E-state index contributed by atoms with van der Waals surface area (Å²) in [7, 11) is 0. The van der Waals surface area contributed by atoms with Crippen molar-refractivity contribution in [2.24, 2.45) is 5.73 Å². The van der Waals surface area contributed by atoms with Crippen LogP contribution in [0.25, 0.3) is 0 Å². The molecule has 1 aromatic carbocycles. The number of ketones is 1. The zero-order valence-corrected chi connectivity index (χ0v) is 11.0. The van der Waals surface area contributed by atoms with Gasteiger partial charge in [0.15, 0.2) is 11.5 Å². The Morgan fingerprint density at radius 2 is 2.00 bits per heavy atom. The highest BCUT2D eigenvalue weighted by atomic mass is 16.3. The minimum Gasteiger partial charge on any atom is -0.508 e. The first-order valence-electron chi connectivity index (χ1n) is 6.22. The Bertz CT molecular complexity index is 595. The summed E-state index contributed by atoms with van der Waals surface area (Å²) in [6, 6.07) is 5.60. The Kier molecular flexibility index (Phi) is 3.76. The molecule has 4 N–H and O–H groups in total. The summed E-state index contributed by atoms with van der Waals surface area (Å²) in [5.74, 6) is -1.67. The molecule has 6 heteroatoms. The van der Waals surface area contributed by atoms with Crippen LogP contribution in [0.2, 0.25) is 0 Å². The third-order valence-electron chi connectivity index (χ3n) is 3.28. The van der Waals surface area contributed by atoms with E-state index in [2.05, 4.69) is 0 Å². The van der Waals surface area contributed by atoms with Gasteiger partial charge in [0, 0.05) is 18.7 Å². The molecule has 0 aliphatic carbocycles. The summed E-state index contributed by atoms with van der Waals surface area (Å²) in [5, 5.41) is 19.8. The van der Waals surface area contributed by atoms with Gasteiger partial charge in [-0.15, -0.1) is 0 Å². The van der Waals surface area contributed by atoms with Gasteiger partial charge in [0.05, 0.1) is 11.6 Å². The summed E-state index contributed by atoms with van der Waals surface area (Å²) in [6.07, 6.45) is 0. The Labute approximate surface area is 116 Å². The molecule has 1 atom stereocenters. The number of Topliss-reactive ketones (excluding diaryl/α,β-unsaturated/α-hetero) is 1. The number of para-hydroxylation sites is 1. The van der Waals surface area contributed by atoms with Crippen molar-refractivity contribution < 1.29 is 19.8 Å². The molecule has 106 valence electrons. The van der Waals surface area contributed by atoms with Crippen molar-refractivity contribution >= 4 is 11.7 Å². The van der Waals surface area contributed by atoms with Gasteiger partial charge in [-0.05, 0) is 13.0 Å². The van der Waals surface area contributed by atoms with Gasteiger partial charge in [-0.25, -0.2) is 0 Å². The number of aliphatic hydroxyl groups excluding tert-OH is 1. The smallest absolute Gasteiger partial charge is 0.290 e. The van der Waals surface area contributed by atoms with E-state index < -0.39 is 23.5 Å². The number of aromatic hydroxyl groups is 1. The van der Waals surface area contributed by atoms with Crippen LogP contribution in [0.15, 0.2) is 35.6 Å². The second-order valence-electron chi connectivity index (χ2n) is 4.57. The van der Waals surface area contributed by atoms with Crippen molar-refractivity contribution in [2.75, 3.05) is 13.1 Å². The molecular formula is C14H16N2O4. The fraction of sp³-hybridized carbons (Fsp3) is 0.286. The summed E-state index contributed by atoms with van der Waals surface area (Å²) in [4.78, 5) is 25.1. The van der Waals surface area contributed by atoms with Crippen LogP contribution in [0.5, 0.6) is 5.75 Å². The minimum atomic E-state index is -0.801. The topological polar surface area (TPSA) is 104 Å². The minimum absolute atomic E-state index is 0.00931. The molecule has 1 unspecified atom stereocenters. The van der Waals surface area contributed by atoms with Crippen molar-refractivity contribution in [3.8, 4) is 5.75 Å². The SMILES string of the molecule is CC(=O)C1=C(O)C(=O)N(CCN)C1c1ccccc1O.